The van der Waals surface area contributed by atoms with Gasteiger partial charge in [0.25, 0.3) is 0 Å². The minimum Gasteiger partial charge on any atom is -0.315 e. The number of imide groups is 1. The van der Waals surface area contributed by atoms with E-state index in [0.29, 0.717) is 0 Å². The molecule has 4 nitrogen and oxygen atoms in total. The summed E-state index contributed by atoms with van der Waals surface area (Å²) in [5.74, 6) is -0.313. The molecule has 0 aromatic rings. The smallest absolute Gasteiger partial charge is 0.226 e. The Balaban J connectivity index is 2.64. The number of rotatable bonds is 1. The fraction of sp³-hybridized carbons (Fsp3) is 0.750. The average Bonchev–Trinajstić information content (AvgIpc) is 2.37. The van der Waals surface area contributed by atoms with E-state index in [1.807, 2.05) is 0 Å². The monoisotopic (exact) mass is 170 g/mol. The zero-order valence-electron chi connectivity index (χ0n) is 7.46. The van der Waals surface area contributed by atoms with Crippen LogP contribution in [0.5, 0.6) is 0 Å². The molecule has 0 saturated carbocycles. The third-order valence-electron chi connectivity index (χ3n) is 2.08. The van der Waals surface area contributed by atoms with Crippen molar-refractivity contribution in [1.82, 2.24) is 10.2 Å². The van der Waals surface area contributed by atoms with E-state index in [0.717, 1.165) is 19.5 Å². The summed E-state index contributed by atoms with van der Waals surface area (Å²) in [6, 6.07) is 0.0694. The van der Waals surface area contributed by atoms with E-state index in [9.17, 15) is 9.59 Å². The molecule has 1 aliphatic rings. The Hall–Kier alpha value is -0.900. The molecule has 1 rings (SSSR count). The molecular formula is C8H14N2O2. The lowest BCUT2D eigenvalue weighted by Crippen LogP contribution is -2.43. The van der Waals surface area contributed by atoms with E-state index in [4.69, 9.17) is 0 Å². The van der Waals surface area contributed by atoms with E-state index in [-0.39, 0.29) is 17.9 Å². The van der Waals surface area contributed by atoms with Crippen molar-refractivity contribution in [2.75, 3.05) is 13.1 Å². The number of carbonyl (C=O) groups is 2. The Morgan fingerprint density at radius 3 is 2.25 bits per heavy atom. The molecule has 1 heterocycles. The summed E-state index contributed by atoms with van der Waals surface area (Å²) in [6.07, 6.45) is 0.874. The van der Waals surface area contributed by atoms with Gasteiger partial charge in [0.15, 0.2) is 0 Å². The highest BCUT2D eigenvalue weighted by molar-refractivity contribution is 5.93. The van der Waals surface area contributed by atoms with E-state index in [1.54, 1.807) is 0 Å². The van der Waals surface area contributed by atoms with Crippen LogP contribution in [0.4, 0.5) is 0 Å². The molecule has 1 saturated heterocycles. The second-order valence-electron chi connectivity index (χ2n) is 3.05. The normalized spacial score (nSPS) is 22.3. The van der Waals surface area contributed by atoms with Gasteiger partial charge in [-0.2, -0.15) is 0 Å². The number of hydrogen-bond acceptors (Lipinski definition) is 3. The highest BCUT2D eigenvalue weighted by Crippen LogP contribution is 2.08. The molecular weight excluding hydrogens is 156 g/mol. The van der Waals surface area contributed by atoms with E-state index < -0.39 is 0 Å². The summed E-state index contributed by atoms with van der Waals surface area (Å²) < 4.78 is 0. The van der Waals surface area contributed by atoms with Gasteiger partial charge >= 0.3 is 0 Å². The van der Waals surface area contributed by atoms with Gasteiger partial charge in [0.2, 0.25) is 11.8 Å². The standard InChI is InChI=1S/C8H14N2O2/c1-6(11)10(7(2)12)8-3-4-9-5-8/h8-9H,3-5H2,1-2H3. The summed E-state index contributed by atoms with van der Waals surface area (Å²) in [6.45, 7) is 4.49. The molecule has 0 radical (unpaired) electrons. The number of hydrogen-bond donors (Lipinski definition) is 1. The lowest BCUT2D eigenvalue weighted by molar-refractivity contribution is -0.144. The van der Waals surface area contributed by atoms with Crippen molar-refractivity contribution in [2.24, 2.45) is 0 Å². The zero-order chi connectivity index (χ0) is 9.14. The fourth-order valence-corrected chi connectivity index (χ4v) is 1.60. The van der Waals surface area contributed by atoms with Gasteiger partial charge in [-0.1, -0.05) is 0 Å². The second-order valence-corrected chi connectivity index (χ2v) is 3.05. The summed E-state index contributed by atoms with van der Waals surface area (Å²) in [4.78, 5) is 23.4. The minimum absolute atomic E-state index is 0.0694. The van der Waals surface area contributed by atoms with Crippen LogP contribution in [0, 0.1) is 0 Å². The number of nitrogens with zero attached hydrogens (tertiary/aromatic N) is 1. The van der Waals surface area contributed by atoms with Gasteiger partial charge in [-0.25, -0.2) is 0 Å². The molecule has 4 heteroatoms. The number of amides is 2. The van der Waals surface area contributed by atoms with Crippen LogP contribution in [0.1, 0.15) is 20.3 Å². The highest BCUT2D eigenvalue weighted by Gasteiger charge is 2.26. The predicted octanol–water partition coefficient (Wildman–Crippen LogP) is -0.257. The maximum atomic E-state index is 11.0. The third kappa shape index (κ3) is 1.82. The van der Waals surface area contributed by atoms with Gasteiger partial charge < -0.3 is 5.32 Å². The van der Waals surface area contributed by atoms with Crippen molar-refractivity contribution in [2.45, 2.75) is 26.3 Å². The van der Waals surface area contributed by atoms with Crippen LogP contribution in [-0.2, 0) is 9.59 Å². The van der Waals surface area contributed by atoms with Crippen LogP contribution < -0.4 is 5.32 Å². The summed E-state index contributed by atoms with van der Waals surface area (Å²) in [5.41, 5.74) is 0. The molecule has 0 aromatic heterocycles. The van der Waals surface area contributed by atoms with Gasteiger partial charge in [-0.3, -0.25) is 14.5 Å². The molecule has 12 heavy (non-hydrogen) atoms. The van der Waals surface area contributed by atoms with Crippen molar-refractivity contribution in [3.8, 4) is 0 Å². The Labute approximate surface area is 71.9 Å². The Morgan fingerprint density at radius 1 is 1.33 bits per heavy atom. The molecule has 0 aromatic carbocycles. The van der Waals surface area contributed by atoms with Crippen molar-refractivity contribution < 1.29 is 9.59 Å². The molecule has 2 amide bonds. The molecule has 68 valence electrons. The molecule has 0 spiro atoms. The van der Waals surface area contributed by atoms with Crippen LogP contribution in [-0.4, -0.2) is 35.8 Å². The fourth-order valence-electron chi connectivity index (χ4n) is 1.60. The quantitative estimate of drug-likeness (QED) is 0.590. The maximum Gasteiger partial charge on any atom is 0.226 e. The van der Waals surface area contributed by atoms with Crippen LogP contribution in [0.15, 0.2) is 0 Å². The maximum absolute atomic E-state index is 11.0. The molecule has 1 fully saturated rings. The first-order valence-electron chi connectivity index (χ1n) is 4.14. The topological polar surface area (TPSA) is 49.4 Å². The van der Waals surface area contributed by atoms with Crippen molar-refractivity contribution >= 4 is 11.8 Å². The van der Waals surface area contributed by atoms with Crippen molar-refractivity contribution in [3.63, 3.8) is 0 Å². The van der Waals surface area contributed by atoms with E-state index in [2.05, 4.69) is 5.32 Å². The van der Waals surface area contributed by atoms with Crippen LogP contribution >= 0.6 is 0 Å². The zero-order valence-corrected chi connectivity index (χ0v) is 7.46. The summed E-state index contributed by atoms with van der Waals surface area (Å²) in [7, 11) is 0. The van der Waals surface area contributed by atoms with Gasteiger partial charge in [-0.15, -0.1) is 0 Å². The van der Waals surface area contributed by atoms with Crippen molar-refractivity contribution in [3.05, 3.63) is 0 Å². The molecule has 1 N–H and O–H groups in total. The Kier molecular flexibility index (Phi) is 2.81. The predicted molar refractivity (Wildman–Crippen MR) is 44.5 cm³/mol. The first kappa shape index (κ1) is 9.19. The largest absolute Gasteiger partial charge is 0.315 e. The number of carbonyl (C=O) groups excluding carboxylic acids is 2. The van der Waals surface area contributed by atoms with Crippen LogP contribution in [0.2, 0.25) is 0 Å². The van der Waals surface area contributed by atoms with Crippen LogP contribution in [0.3, 0.4) is 0 Å². The SMILES string of the molecule is CC(=O)N(C(C)=O)C1CCNC1. The van der Waals surface area contributed by atoms with Gasteiger partial charge in [0.05, 0.1) is 6.04 Å². The van der Waals surface area contributed by atoms with E-state index in [1.165, 1.54) is 18.7 Å². The lowest BCUT2D eigenvalue weighted by atomic mass is 10.2. The van der Waals surface area contributed by atoms with Crippen LogP contribution in [0.25, 0.3) is 0 Å². The molecule has 1 unspecified atom stereocenters. The number of nitrogens with one attached hydrogen (secondary N) is 1. The van der Waals surface area contributed by atoms with Gasteiger partial charge in [0, 0.05) is 20.4 Å². The molecule has 1 aliphatic heterocycles. The minimum atomic E-state index is -0.156. The average molecular weight is 170 g/mol. The summed E-state index contributed by atoms with van der Waals surface area (Å²) in [5, 5.41) is 3.12. The highest BCUT2D eigenvalue weighted by atomic mass is 16.2. The van der Waals surface area contributed by atoms with Gasteiger partial charge in [0.1, 0.15) is 0 Å². The third-order valence-corrected chi connectivity index (χ3v) is 2.08. The first-order chi connectivity index (χ1) is 5.63. The lowest BCUT2D eigenvalue weighted by Gasteiger charge is -2.23. The molecule has 0 aliphatic carbocycles. The van der Waals surface area contributed by atoms with Crippen molar-refractivity contribution in [1.29, 1.82) is 0 Å². The molecule has 0 bridgehead atoms. The summed E-state index contributed by atoms with van der Waals surface area (Å²) >= 11 is 0. The first-order valence-corrected chi connectivity index (χ1v) is 4.14. The van der Waals surface area contributed by atoms with E-state index >= 15 is 0 Å². The Bertz CT molecular complexity index is 183. The Morgan fingerprint density at radius 2 is 1.92 bits per heavy atom. The van der Waals surface area contributed by atoms with Gasteiger partial charge in [-0.05, 0) is 13.0 Å². The molecule has 1 atom stereocenters. The second kappa shape index (κ2) is 3.67.